The molecule has 0 N–H and O–H groups in total. The van der Waals surface area contributed by atoms with Crippen molar-refractivity contribution in [3.63, 3.8) is 0 Å². The van der Waals surface area contributed by atoms with Gasteiger partial charge in [-0.2, -0.15) is 0 Å². The van der Waals surface area contributed by atoms with Crippen LogP contribution < -0.4 is 14.7 Å². The zero-order valence-electron chi connectivity index (χ0n) is 48.6. The quantitative estimate of drug-likeness (QED) is 0.143. The van der Waals surface area contributed by atoms with Gasteiger partial charge in [0.2, 0.25) is 0 Å². The van der Waals surface area contributed by atoms with Crippen molar-refractivity contribution in [1.82, 2.24) is 0 Å². The third-order valence-electron chi connectivity index (χ3n) is 18.5. The molecular formula is C73H77N3. The van der Waals surface area contributed by atoms with Crippen LogP contribution in [0.25, 0.3) is 0 Å². The molecule has 0 bridgehead atoms. The molecule has 0 spiro atoms. The topological polar surface area (TPSA) is 9.72 Å². The molecule has 9 aromatic carbocycles. The minimum absolute atomic E-state index is 0.717. The van der Waals surface area contributed by atoms with Gasteiger partial charge in [0.1, 0.15) is 0 Å². The average Bonchev–Trinajstić information content (AvgIpc) is 3.62. The predicted octanol–water partition coefficient (Wildman–Crippen LogP) is 20.3. The Kier molecular flexibility index (Phi) is 13.3. The smallest absolute Gasteiger partial charge is 0.0742 e. The highest BCUT2D eigenvalue weighted by Gasteiger charge is 2.47. The van der Waals surface area contributed by atoms with Crippen LogP contribution in [0.15, 0.2) is 140 Å². The molecule has 1 aliphatic rings. The molecule has 0 saturated heterocycles. The highest BCUT2D eigenvalue weighted by Crippen LogP contribution is 2.59. The van der Waals surface area contributed by atoms with Gasteiger partial charge in [0, 0.05) is 39.8 Å². The molecule has 10 rings (SSSR count). The van der Waals surface area contributed by atoms with Crippen LogP contribution in [0.1, 0.15) is 122 Å². The van der Waals surface area contributed by atoms with Crippen molar-refractivity contribution in [2.24, 2.45) is 0 Å². The van der Waals surface area contributed by atoms with Gasteiger partial charge in [0.05, 0.1) is 16.8 Å². The van der Waals surface area contributed by atoms with Crippen LogP contribution in [-0.4, -0.2) is 0 Å². The van der Waals surface area contributed by atoms with Gasteiger partial charge in [0.25, 0.3) is 0 Å². The number of anilines is 9. The molecular weight excluding hydrogens is 919 g/mol. The minimum Gasteiger partial charge on any atom is -0.310 e. The number of fused-ring (bicyclic) bond motifs is 2. The van der Waals surface area contributed by atoms with Crippen molar-refractivity contribution in [1.29, 1.82) is 0 Å². The number of para-hydroxylation sites is 1. The second-order valence-corrected chi connectivity index (χ2v) is 22.6. The number of hydrogen-bond acceptors (Lipinski definition) is 3. The van der Waals surface area contributed by atoms with Crippen molar-refractivity contribution in [2.45, 2.75) is 130 Å². The standard InChI is InChI=1S/C73H77N3/c1-42-23-30-62(31-24-42)74-67-22-20-19-21-65(67)73(66-37-43(2)25-36-68(66)74,60-26-32-63(33-27-60)75(69-38-44(3)48(7)52(11)56(69)15)70-39-45(4)49(8)53(12)57(70)16)61-28-34-64(35-29-61)76(71-40-46(5)50(9)54(13)58(71)17)72-41-47(6)51(10)55(14)59(72)18/h19-41H,1-18H3. The molecule has 3 heteroatoms. The lowest BCUT2D eigenvalue weighted by atomic mass is 9.62. The Bertz CT molecular complexity index is 3470. The maximum Gasteiger partial charge on any atom is 0.0742 e. The largest absolute Gasteiger partial charge is 0.310 e. The van der Waals surface area contributed by atoms with E-state index in [1.807, 2.05) is 0 Å². The average molecular weight is 996 g/mol. The van der Waals surface area contributed by atoms with Crippen LogP contribution in [0.2, 0.25) is 0 Å². The minimum atomic E-state index is -0.717. The van der Waals surface area contributed by atoms with E-state index in [4.69, 9.17) is 0 Å². The molecule has 0 amide bonds. The summed E-state index contributed by atoms with van der Waals surface area (Å²) in [6.45, 7) is 40.8. The van der Waals surface area contributed by atoms with Gasteiger partial charge < -0.3 is 14.7 Å². The van der Waals surface area contributed by atoms with E-state index in [-0.39, 0.29) is 0 Å². The zero-order chi connectivity index (χ0) is 54.4. The summed E-state index contributed by atoms with van der Waals surface area (Å²) in [6.07, 6.45) is 0. The van der Waals surface area contributed by atoms with Crippen molar-refractivity contribution < 1.29 is 0 Å². The molecule has 0 fully saturated rings. The van der Waals surface area contributed by atoms with Crippen LogP contribution in [0.5, 0.6) is 0 Å². The number of rotatable bonds is 9. The molecule has 0 unspecified atom stereocenters. The van der Waals surface area contributed by atoms with Gasteiger partial charge in [-0.25, -0.2) is 0 Å². The summed E-state index contributed by atoms with van der Waals surface area (Å²) in [4.78, 5) is 7.55. The van der Waals surface area contributed by atoms with Crippen molar-refractivity contribution in [3.8, 4) is 0 Å². The lowest BCUT2D eigenvalue weighted by molar-refractivity contribution is 0.730. The summed E-state index contributed by atoms with van der Waals surface area (Å²) in [7, 11) is 0. The molecule has 0 saturated carbocycles. The lowest BCUT2D eigenvalue weighted by Gasteiger charge is -2.47. The molecule has 0 radical (unpaired) electrons. The predicted molar refractivity (Wildman–Crippen MR) is 328 cm³/mol. The highest BCUT2D eigenvalue weighted by atomic mass is 15.2. The van der Waals surface area contributed by atoms with Crippen molar-refractivity contribution in [3.05, 3.63) is 262 Å². The summed E-state index contributed by atoms with van der Waals surface area (Å²) < 4.78 is 0. The first-order valence-electron chi connectivity index (χ1n) is 27.4. The Hall–Kier alpha value is -7.62. The molecule has 0 atom stereocenters. The van der Waals surface area contributed by atoms with E-state index in [9.17, 15) is 0 Å². The van der Waals surface area contributed by atoms with E-state index >= 15 is 0 Å². The summed E-state index contributed by atoms with van der Waals surface area (Å²) in [6, 6.07) is 54.1. The van der Waals surface area contributed by atoms with E-state index < -0.39 is 5.41 Å². The van der Waals surface area contributed by atoms with Crippen LogP contribution >= 0.6 is 0 Å². The Morgan fingerprint density at radius 2 is 0.632 bits per heavy atom. The molecule has 9 aromatic rings. The summed E-state index contributed by atoms with van der Waals surface area (Å²) >= 11 is 0. The Morgan fingerprint density at radius 1 is 0.289 bits per heavy atom. The SMILES string of the molecule is Cc1ccc(N2c3ccccc3C(c3ccc(N(c4cc(C)c(C)c(C)c4C)c4cc(C)c(C)c(C)c4C)cc3)(c3ccc(N(c4cc(C)c(C)c(C)c4C)c4cc(C)c(C)c(C)c4C)cc3)c3cc(C)ccc32)cc1. The number of hydrogen-bond donors (Lipinski definition) is 0. The second-order valence-electron chi connectivity index (χ2n) is 22.6. The lowest BCUT2D eigenvalue weighted by Crippen LogP contribution is -2.38. The normalized spacial score (nSPS) is 12.7. The van der Waals surface area contributed by atoms with Gasteiger partial charge in [-0.3, -0.25) is 0 Å². The van der Waals surface area contributed by atoms with Crippen LogP contribution in [-0.2, 0) is 5.41 Å². The molecule has 0 aromatic heterocycles. The second kappa shape index (κ2) is 19.5. The van der Waals surface area contributed by atoms with Crippen molar-refractivity contribution >= 4 is 51.2 Å². The summed E-state index contributed by atoms with van der Waals surface area (Å²) in [5.74, 6) is 0. The van der Waals surface area contributed by atoms with Crippen LogP contribution in [0, 0.1) is 125 Å². The Morgan fingerprint density at radius 3 is 1.01 bits per heavy atom. The summed E-state index contributed by atoms with van der Waals surface area (Å²) in [5, 5.41) is 0. The fourth-order valence-corrected chi connectivity index (χ4v) is 12.4. The first kappa shape index (κ1) is 51.8. The first-order chi connectivity index (χ1) is 36.2. The van der Waals surface area contributed by atoms with E-state index in [0.717, 1.165) is 17.1 Å². The number of benzene rings is 9. The monoisotopic (exact) mass is 996 g/mol. The van der Waals surface area contributed by atoms with Crippen LogP contribution in [0.3, 0.4) is 0 Å². The highest BCUT2D eigenvalue weighted by molar-refractivity contribution is 5.91. The molecule has 1 heterocycles. The van der Waals surface area contributed by atoms with Gasteiger partial charge >= 0.3 is 0 Å². The number of aryl methyl sites for hydroxylation is 6. The van der Waals surface area contributed by atoms with Crippen LogP contribution in [0.4, 0.5) is 51.2 Å². The fourth-order valence-electron chi connectivity index (χ4n) is 12.4. The van der Waals surface area contributed by atoms with E-state index in [2.05, 4.69) is 279 Å². The van der Waals surface area contributed by atoms with E-state index in [1.54, 1.807) is 0 Å². The van der Waals surface area contributed by atoms with Gasteiger partial charge in [0.15, 0.2) is 0 Å². The molecule has 76 heavy (non-hydrogen) atoms. The number of nitrogens with zero attached hydrogens (tertiary/aromatic N) is 3. The zero-order valence-corrected chi connectivity index (χ0v) is 48.6. The van der Waals surface area contributed by atoms with Gasteiger partial charge in [-0.05, 0) is 309 Å². The van der Waals surface area contributed by atoms with E-state index in [0.29, 0.717) is 0 Å². The summed E-state index contributed by atoms with van der Waals surface area (Å²) in [5.41, 5.74) is 38.4. The maximum atomic E-state index is 2.53. The van der Waals surface area contributed by atoms with Gasteiger partial charge in [-0.15, -0.1) is 0 Å². The van der Waals surface area contributed by atoms with Crippen molar-refractivity contribution in [2.75, 3.05) is 14.7 Å². The molecule has 384 valence electrons. The maximum absolute atomic E-state index is 2.53. The fraction of sp³-hybridized carbons (Fsp3) is 0.260. The first-order valence-corrected chi connectivity index (χ1v) is 27.4. The molecule has 0 aliphatic carbocycles. The third kappa shape index (κ3) is 8.17. The Labute approximate surface area is 455 Å². The van der Waals surface area contributed by atoms with E-state index in [1.165, 1.54) is 157 Å². The molecule has 3 nitrogen and oxygen atoms in total. The van der Waals surface area contributed by atoms with Gasteiger partial charge in [-0.1, -0.05) is 77.9 Å². The Balaban J connectivity index is 1.26. The molecule has 1 aliphatic heterocycles. The third-order valence-corrected chi connectivity index (χ3v) is 18.5.